The van der Waals surface area contributed by atoms with Crippen LogP contribution in [0.5, 0.6) is 0 Å². The fourth-order valence-electron chi connectivity index (χ4n) is 2.20. The molecular weight excluding hydrogens is 226 g/mol. The van der Waals surface area contributed by atoms with E-state index in [0.29, 0.717) is 11.9 Å². The summed E-state index contributed by atoms with van der Waals surface area (Å²) in [6.45, 7) is 9.23. The topological polar surface area (TPSA) is 35.6 Å². The molecule has 0 spiro atoms. The highest BCUT2D eigenvalue weighted by Gasteiger charge is 2.29. The molecule has 0 saturated carbocycles. The van der Waals surface area contributed by atoms with Crippen LogP contribution in [0.25, 0.3) is 0 Å². The predicted octanol–water partition coefficient (Wildman–Crippen LogP) is 1.66. The zero-order valence-corrected chi connectivity index (χ0v) is 12.4. The van der Waals surface area contributed by atoms with Gasteiger partial charge in [-0.05, 0) is 40.3 Å². The summed E-state index contributed by atoms with van der Waals surface area (Å²) >= 11 is 0. The second kappa shape index (κ2) is 7.74. The summed E-state index contributed by atoms with van der Waals surface area (Å²) in [5.41, 5.74) is 0. The van der Waals surface area contributed by atoms with Crippen LogP contribution in [0, 0.1) is 0 Å². The molecule has 4 heteroatoms. The summed E-state index contributed by atoms with van der Waals surface area (Å²) in [6.07, 6.45) is 4.33. The van der Waals surface area contributed by atoms with E-state index in [-0.39, 0.29) is 6.04 Å². The zero-order valence-electron chi connectivity index (χ0n) is 12.4. The monoisotopic (exact) mass is 255 g/mol. The zero-order chi connectivity index (χ0) is 13.5. The minimum absolute atomic E-state index is 0.0766. The second-order valence-electron chi connectivity index (χ2n) is 5.59. The van der Waals surface area contributed by atoms with Crippen molar-refractivity contribution in [2.24, 2.45) is 0 Å². The van der Waals surface area contributed by atoms with Gasteiger partial charge in [0.1, 0.15) is 0 Å². The molecule has 0 bridgehead atoms. The average molecular weight is 255 g/mol. The van der Waals surface area contributed by atoms with E-state index in [2.05, 4.69) is 38.0 Å². The van der Waals surface area contributed by atoms with E-state index in [9.17, 15) is 4.79 Å². The van der Waals surface area contributed by atoms with Gasteiger partial charge < -0.3 is 9.80 Å². The second-order valence-corrected chi connectivity index (χ2v) is 5.59. The number of amides is 1. The Hall–Kier alpha value is -0.610. The van der Waals surface area contributed by atoms with Crippen molar-refractivity contribution in [3.8, 4) is 0 Å². The lowest BCUT2D eigenvalue weighted by Crippen LogP contribution is -2.34. The Balaban J connectivity index is 2.22. The number of hydrogen-bond acceptors (Lipinski definition) is 3. The van der Waals surface area contributed by atoms with Crippen LogP contribution < -0.4 is 5.32 Å². The third kappa shape index (κ3) is 4.58. The minimum Gasteiger partial charge on any atom is -0.329 e. The molecule has 1 rings (SSSR count). The van der Waals surface area contributed by atoms with Crippen LogP contribution in [0.2, 0.25) is 0 Å². The van der Waals surface area contributed by atoms with Crippen molar-refractivity contribution in [2.75, 3.05) is 26.8 Å². The summed E-state index contributed by atoms with van der Waals surface area (Å²) in [7, 11) is 2.14. The van der Waals surface area contributed by atoms with Gasteiger partial charge in [-0.15, -0.1) is 0 Å². The number of rotatable bonds is 8. The first-order chi connectivity index (χ1) is 8.56. The predicted molar refractivity (Wildman–Crippen MR) is 75.4 cm³/mol. The molecule has 1 heterocycles. The molecule has 0 radical (unpaired) electrons. The van der Waals surface area contributed by atoms with E-state index in [1.165, 1.54) is 0 Å². The minimum atomic E-state index is 0.0766. The van der Waals surface area contributed by atoms with Gasteiger partial charge in [-0.1, -0.05) is 19.8 Å². The standard InChI is InChI=1S/C14H29N3O/c1-5-6-8-13-14(18)17(11-15-13)10-7-9-16(4)12(2)3/h12-13,15H,5-11H2,1-4H3. The number of hydrogen-bond donors (Lipinski definition) is 1. The van der Waals surface area contributed by atoms with E-state index in [0.717, 1.165) is 45.4 Å². The van der Waals surface area contributed by atoms with Crippen LogP contribution in [0.1, 0.15) is 46.5 Å². The fourth-order valence-corrected chi connectivity index (χ4v) is 2.20. The van der Waals surface area contributed by atoms with Gasteiger partial charge in [0.05, 0.1) is 12.7 Å². The summed E-state index contributed by atoms with van der Waals surface area (Å²) in [5, 5.41) is 3.31. The Labute approximate surface area is 112 Å². The number of unbranched alkanes of at least 4 members (excludes halogenated alkanes) is 1. The summed E-state index contributed by atoms with van der Waals surface area (Å²) in [4.78, 5) is 16.4. The molecule has 1 atom stereocenters. The van der Waals surface area contributed by atoms with Crippen molar-refractivity contribution in [1.29, 1.82) is 0 Å². The Kier molecular flexibility index (Phi) is 6.65. The molecule has 18 heavy (non-hydrogen) atoms. The van der Waals surface area contributed by atoms with Crippen molar-refractivity contribution in [2.45, 2.75) is 58.5 Å². The number of carbonyl (C=O) groups is 1. The van der Waals surface area contributed by atoms with E-state index in [1.807, 2.05) is 4.90 Å². The molecule has 1 N–H and O–H groups in total. The number of nitrogens with zero attached hydrogens (tertiary/aromatic N) is 2. The van der Waals surface area contributed by atoms with Crippen molar-refractivity contribution in [1.82, 2.24) is 15.1 Å². The van der Waals surface area contributed by atoms with Crippen LogP contribution in [-0.2, 0) is 4.79 Å². The summed E-state index contributed by atoms with van der Waals surface area (Å²) in [6, 6.07) is 0.655. The highest BCUT2D eigenvalue weighted by Crippen LogP contribution is 2.10. The number of carbonyl (C=O) groups excluding carboxylic acids is 1. The first-order valence-electron chi connectivity index (χ1n) is 7.28. The average Bonchev–Trinajstić information content (AvgIpc) is 2.68. The summed E-state index contributed by atoms with van der Waals surface area (Å²) < 4.78 is 0. The third-order valence-corrected chi connectivity index (χ3v) is 3.81. The van der Waals surface area contributed by atoms with Gasteiger partial charge in [-0.3, -0.25) is 10.1 Å². The third-order valence-electron chi connectivity index (χ3n) is 3.81. The van der Waals surface area contributed by atoms with Gasteiger partial charge in [0, 0.05) is 12.6 Å². The molecule has 1 fully saturated rings. The lowest BCUT2D eigenvalue weighted by molar-refractivity contribution is -0.129. The highest BCUT2D eigenvalue weighted by atomic mass is 16.2. The first-order valence-corrected chi connectivity index (χ1v) is 7.28. The SMILES string of the molecule is CCCCC1NCN(CCCN(C)C(C)C)C1=O. The Morgan fingerprint density at radius 3 is 2.78 bits per heavy atom. The van der Waals surface area contributed by atoms with Gasteiger partial charge in [-0.25, -0.2) is 0 Å². The maximum absolute atomic E-state index is 12.1. The quantitative estimate of drug-likeness (QED) is 0.716. The van der Waals surface area contributed by atoms with Crippen molar-refractivity contribution in [3.05, 3.63) is 0 Å². The maximum atomic E-state index is 12.1. The molecular formula is C14H29N3O. The van der Waals surface area contributed by atoms with Gasteiger partial charge in [0.15, 0.2) is 0 Å². The molecule has 1 amide bonds. The molecule has 0 aromatic rings. The van der Waals surface area contributed by atoms with Crippen molar-refractivity contribution in [3.63, 3.8) is 0 Å². The lowest BCUT2D eigenvalue weighted by Gasteiger charge is -2.22. The van der Waals surface area contributed by atoms with Crippen molar-refractivity contribution < 1.29 is 4.79 Å². The van der Waals surface area contributed by atoms with E-state index in [1.54, 1.807) is 0 Å². The van der Waals surface area contributed by atoms with E-state index >= 15 is 0 Å². The maximum Gasteiger partial charge on any atom is 0.240 e. The van der Waals surface area contributed by atoms with Gasteiger partial charge in [0.25, 0.3) is 0 Å². The van der Waals surface area contributed by atoms with Gasteiger partial charge in [-0.2, -0.15) is 0 Å². The normalized spacial score (nSPS) is 20.4. The van der Waals surface area contributed by atoms with Gasteiger partial charge in [0.2, 0.25) is 5.91 Å². The molecule has 1 saturated heterocycles. The fraction of sp³-hybridized carbons (Fsp3) is 0.929. The molecule has 0 aliphatic carbocycles. The molecule has 0 aromatic heterocycles. The van der Waals surface area contributed by atoms with Crippen LogP contribution in [0.15, 0.2) is 0 Å². The van der Waals surface area contributed by atoms with Crippen LogP contribution in [0.3, 0.4) is 0 Å². The molecule has 1 aliphatic rings. The Bertz CT molecular complexity index is 255. The van der Waals surface area contributed by atoms with Crippen LogP contribution in [-0.4, -0.2) is 54.6 Å². The van der Waals surface area contributed by atoms with E-state index < -0.39 is 0 Å². The first kappa shape index (κ1) is 15.4. The highest BCUT2D eigenvalue weighted by molar-refractivity contribution is 5.83. The van der Waals surface area contributed by atoms with E-state index in [4.69, 9.17) is 0 Å². The smallest absolute Gasteiger partial charge is 0.240 e. The van der Waals surface area contributed by atoms with Crippen molar-refractivity contribution >= 4 is 5.91 Å². The van der Waals surface area contributed by atoms with Crippen LogP contribution >= 0.6 is 0 Å². The molecule has 106 valence electrons. The molecule has 0 aromatic carbocycles. The van der Waals surface area contributed by atoms with Gasteiger partial charge >= 0.3 is 0 Å². The molecule has 1 aliphatic heterocycles. The summed E-state index contributed by atoms with van der Waals surface area (Å²) in [5.74, 6) is 0.302. The largest absolute Gasteiger partial charge is 0.329 e. The Morgan fingerprint density at radius 1 is 1.44 bits per heavy atom. The lowest BCUT2D eigenvalue weighted by atomic mass is 10.1. The Morgan fingerprint density at radius 2 is 2.17 bits per heavy atom. The molecule has 4 nitrogen and oxygen atoms in total. The number of nitrogens with one attached hydrogen (secondary N) is 1. The van der Waals surface area contributed by atoms with Crippen LogP contribution in [0.4, 0.5) is 0 Å². The molecule has 1 unspecified atom stereocenters.